The number of carbonyl (C=O) groups excluding carboxylic acids is 1. The van der Waals surface area contributed by atoms with Crippen LogP contribution in [0.5, 0.6) is 11.5 Å². The normalized spacial score (nSPS) is 24.0. The Hall–Kier alpha value is -1.75. The van der Waals surface area contributed by atoms with Gasteiger partial charge in [-0.25, -0.2) is 0 Å². The molecular formula is C13H18N2O3. The lowest BCUT2D eigenvalue weighted by Crippen LogP contribution is -2.49. The molecule has 1 aliphatic heterocycles. The van der Waals surface area contributed by atoms with E-state index < -0.39 is 0 Å². The number of aromatic hydroxyl groups is 2. The zero-order valence-corrected chi connectivity index (χ0v) is 10.3. The van der Waals surface area contributed by atoms with Crippen molar-refractivity contribution in [2.75, 3.05) is 13.1 Å². The summed E-state index contributed by atoms with van der Waals surface area (Å²) < 4.78 is 0. The van der Waals surface area contributed by atoms with E-state index in [0.29, 0.717) is 19.0 Å². The number of nitrogens with two attached hydrogens (primary N) is 1. The van der Waals surface area contributed by atoms with E-state index in [2.05, 4.69) is 6.92 Å². The molecule has 5 heteroatoms. The average Bonchev–Trinajstić information content (AvgIpc) is 2.32. The van der Waals surface area contributed by atoms with Gasteiger partial charge >= 0.3 is 0 Å². The number of piperidine rings is 1. The van der Waals surface area contributed by atoms with Crippen molar-refractivity contribution in [2.45, 2.75) is 19.4 Å². The van der Waals surface area contributed by atoms with Crippen molar-refractivity contribution in [3.05, 3.63) is 23.8 Å². The Bertz CT molecular complexity index is 462. The number of benzene rings is 1. The molecule has 0 spiro atoms. The number of likely N-dealkylation sites (tertiary alicyclic amines) is 1. The second kappa shape index (κ2) is 4.86. The SMILES string of the molecule is CC1CCN(C(=O)c2ccc(O)cc2O)CC1N. The molecule has 1 aromatic rings. The van der Waals surface area contributed by atoms with E-state index in [4.69, 9.17) is 5.73 Å². The molecule has 4 N–H and O–H groups in total. The second-order valence-corrected chi connectivity index (χ2v) is 4.88. The predicted octanol–water partition coefficient (Wildman–Crippen LogP) is 0.907. The minimum Gasteiger partial charge on any atom is -0.508 e. The largest absolute Gasteiger partial charge is 0.508 e. The van der Waals surface area contributed by atoms with Gasteiger partial charge in [-0.2, -0.15) is 0 Å². The molecule has 2 atom stereocenters. The van der Waals surface area contributed by atoms with Gasteiger partial charge in [0.2, 0.25) is 0 Å². The molecule has 0 aromatic heterocycles. The van der Waals surface area contributed by atoms with E-state index in [1.807, 2.05) is 0 Å². The van der Waals surface area contributed by atoms with Crippen LogP contribution in [0.3, 0.4) is 0 Å². The maximum absolute atomic E-state index is 12.2. The van der Waals surface area contributed by atoms with Crippen LogP contribution in [0, 0.1) is 5.92 Å². The molecular weight excluding hydrogens is 232 g/mol. The molecule has 1 saturated heterocycles. The summed E-state index contributed by atoms with van der Waals surface area (Å²) in [5.41, 5.74) is 6.15. The molecule has 1 aromatic carbocycles. The fourth-order valence-corrected chi connectivity index (χ4v) is 2.15. The lowest BCUT2D eigenvalue weighted by molar-refractivity contribution is 0.0669. The summed E-state index contributed by atoms with van der Waals surface area (Å²) >= 11 is 0. The summed E-state index contributed by atoms with van der Waals surface area (Å²) in [4.78, 5) is 13.9. The van der Waals surface area contributed by atoms with Crippen LogP contribution in [0.25, 0.3) is 0 Å². The zero-order chi connectivity index (χ0) is 13.3. The van der Waals surface area contributed by atoms with Gasteiger partial charge in [-0.05, 0) is 24.5 Å². The maximum atomic E-state index is 12.2. The molecule has 1 fully saturated rings. The second-order valence-electron chi connectivity index (χ2n) is 4.88. The molecule has 1 amide bonds. The molecule has 0 saturated carbocycles. The first kappa shape index (κ1) is 12.7. The fourth-order valence-electron chi connectivity index (χ4n) is 2.15. The molecule has 2 rings (SSSR count). The van der Waals surface area contributed by atoms with Crippen molar-refractivity contribution in [1.82, 2.24) is 4.90 Å². The molecule has 1 heterocycles. The van der Waals surface area contributed by atoms with Gasteiger partial charge in [0.15, 0.2) is 0 Å². The predicted molar refractivity (Wildman–Crippen MR) is 67.4 cm³/mol. The van der Waals surface area contributed by atoms with E-state index >= 15 is 0 Å². The molecule has 0 bridgehead atoms. The Morgan fingerprint density at radius 1 is 1.44 bits per heavy atom. The van der Waals surface area contributed by atoms with Crippen LogP contribution in [0.1, 0.15) is 23.7 Å². The summed E-state index contributed by atoms with van der Waals surface area (Å²) in [6.07, 6.45) is 0.867. The van der Waals surface area contributed by atoms with Crippen LogP contribution >= 0.6 is 0 Å². The zero-order valence-electron chi connectivity index (χ0n) is 10.3. The van der Waals surface area contributed by atoms with Gasteiger partial charge in [0, 0.05) is 25.2 Å². The first-order chi connectivity index (χ1) is 8.49. The molecule has 0 aliphatic carbocycles. The van der Waals surface area contributed by atoms with Gasteiger partial charge in [-0.15, -0.1) is 0 Å². The van der Waals surface area contributed by atoms with Crippen LogP contribution in [-0.4, -0.2) is 40.2 Å². The number of phenols is 2. The molecule has 18 heavy (non-hydrogen) atoms. The molecule has 1 aliphatic rings. The van der Waals surface area contributed by atoms with Crippen molar-refractivity contribution in [2.24, 2.45) is 11.7 Å². The van der Waals surface area contributed by atoms with Crippen LogP contribution in [-0.2, 0) is 0 Å². The van der Waals surface area contributed by atoms with E-state index in [-0.39, 0.29) is 29.0 Å². The monoisotopic (exact) mass is 250 g/mol. The summed E-state index contributed by atoms with van der Waals surface area (Å²) in [6.45, 7) is 3.22. The third kappa shape index (κ3) is 2.41. The highest BCUT2D eigenvalue weighted by Gasteiger charge is 2.28. The highest BCUT2D eigenvalue weighted by Crippen LogP contribution is 2.25. The number of rotatable bonds is 1. The topological polar surface area (TPSA) is 86.8 Å². The van der Waals surface area contributed by atoms with Crippen LogP contribution in [0.15, 0.2) is 18.2 Å². The number of carbonyl (C=O) groups is 1. The lowest BCUT2D eigenvalue weighted by Gasteiger charge is -2.35. The van der Waals surface area contributed by atoms with Crippen LogP contribution in [0.4, 0.5) is 0 Å². The van der Waals surface area contributed by atoms with Gasteiger partial charge in [-0.1, -0.05) is 6.92 Å². The third-order valence-corrected chi connectivity index (χ3v) is 3.52. The maximum Gasteiger partial charge on any atom is 0.257 e. The van der Waals surface area contributed by atoms with Gasteiger partial charge in [0.05, 0.1) is 5.56 Å². The van der Waals surface area contributed by atoms with Gasteiger partial charge in [-0.3, -0.25) is 4.79 Å². The van der Waals surface area contributed by atoms with Crippen molar-refractivity contribution in [3.63, 3.8) is 0 Å². The summed E-state index contributed by atoms with van der Waals surface area (Å²) in [5.74, 6) is -0.0995. The molecule has 2 unspecified atom stereocenters. The fraction of sp³-hybridized carbons (Fsp3) is 0.462. The number of hydrogen-bond acceptors (Lipinski definition) is 4. The number of phenolic OH excluding ortho intramolecular Hbond substituents is 2. The lowest BCUT2D eigenvalue weighted by atomic mass is 9.94. The van der Waals surface area contributed by atoms with E-state index in [0.717, 1.165) is 6.42 Å². The van der Waals surface area contributed by atoms with E-state index in [9.17, 15) is 15.0 Å². The minimum atomic E-state index is -0.241. The van der Waals surface area contributed by atoms with Crippen molar-refractivity contribution < 1.29 is 15.0 Å². The number of nitrogens with zero attached hydrogens (tertiary/aromatic N) is 1. The molecule has 98 valence electrons. The Morgan fingerprint density at radius 3 is 2.78 bits per heavy atom. The molecule has 5 nitrogen and oxygen atoms in total. The minimum absolute atomic E-state index is 0.0260. The third-order valence-electron chi connectivity index (χ3n) is 3.52. The summed E-state index contributed by atoms with van der Waals surface area (Å²) in [5, 5.41) is 18.9. The van der Waals surface area contributed by atoms with Crippen LogP contribution in [0.2, 0.25) is 0 Å². The van der Waals surface area contributed by atoms with Crippen molar-refractivity contribution in [1.29, 1.82) is 0 Å². The Kier molecular flexibility index (Phi) is 3.43. The highest BCUT2D eigenvalue weighted by molar-refractivity contribution is 5.97. The van der Waals surface area contributed by atoms with Crippen molar-refractivity contribution >= 4 is 5.91 Å². The van der Waals surface area contributed by atoms with Crippen LogP contribution < -0.4 is 5.73 Å². The standard InChI is InChI=1S/C13H18N2O3/c1-8-4-5-15(7-11(8)14)13(18)10-3-2-9(16)6-12(10)17/h2-3,6,8,11,16-17H,4-5,7,14H2,1H3. The van der Waals surface area contributed by atoms with Gasteiger partial charge < -0.3 is 20.8 Å². The average molecular weight is 250 g/mol. The quantitative estimate of drug-likeness (QED) is 0.691. The Balaban J connectivity index is 2.16. The number of amides is 1. The van der Waals surface area contributed by atoms with E-state index in [1.165, 1.54) is 18.2 Å². The summed E-state index contributed by atoms with van der Waals surface area (Å²) in [6, 6.07) is 3.96. The van der Waals surface area contributed by atoms with Gasteiger partial charge in [0.1, 0.15) is 11.5 Å². The van der Waals surface area contributed by atoms with Crippen molar-refractivity contribution in [3.8, 4) is 11.5 Å². The first-order valence-corrected chi connectivity index (χ1v) is 6.06. The van der Waals surface area contributed by atoms with Gasteiger partial charge in [0.25, 0.3) is 5.91 Å². The Labute approximate surface area is 106 Å². The van der Waals surface area contributed by atoms with E-state index in [1.54, 1.807) is 4.90 Å². The number of hydrogen-bond donors (Lipinski definition) is 3. The highest BCUT2D eigenvalue weighted by atomic mass is 16.3. The Morgan fingerprint density at radius 2 is 2.17 bits per heavy atom. The summed E-state index contributed by atoms with van der Waals surface area (Å²) in [7, 11) is 0. The first-order valence-electron chi connectivity index (χ1n) is 6.06. The molecule has 0 radical (unpaired) electrons. The smallest absolute Gasteiger partial charge is 0.257 e.